The van der Waals surface area contributed by atoms with Crippen molar-refractivity contribution in [2.24, 2.45) is 11.3 Å². The molecule has 2 heteroatoms. The van der Waals surface area contributed by atoms with E-state index in [1.54, 1.807) is 0 Å². The van der Waals surface area contributed by atoms with Crippen LogP contribution in [-0.2, 0) is 4.74 Å². The molecule has 1 fully saturated rings. The predicted molar refractivity (Wildman–Crippen MR) is 73.9 cm³/mol. The fourth-order valence-corrected chi connectivity index (χ4v) is 2.20. The quantitative estimate of drug-likeness (QED) is 0.777. The van der Waals surface area contributed by atoms with E-state index in [-0.39, 0.29) is 11.5 Å². The first-order valence-corrected chi connectivity index (χ1v) is 6.83. The Bertz CT molecular complexity index is 379. The van der Waals surface area contributed by atoms with Gasteiger partial charge in [-0.3, -0.25) is 0 Å². The van der Waals surface area contributed by atoms with E-state index in [4.69, 9.17) is 9.47 Å². The standard InChI is InChI=1S/C16H24O2/c1-12(2)9-10-17-14-7-5-13(6-8-14)15-16(3,4)11-18-15/h5-8,12,15H,9-11H2,1-4H3. The molecule has 1 unspecified atom stereocenters. The number of benzene rings is 1. The molecule has 18 heavy (non-hydrogen) atoms. The summed E-state index contributed by atoms with van der Waals surface area (Å²) in [6.07, 6.45) is 1.34. The maximum atomic E-state index is 5.71. The lowest BCUT2D eigenvalue weighted by Gasteiger charge is -2.44. The van der Waals surface area contributed by atoms with Crippen molar-refractivity contribution in [1.82, 2.24) is 0 Å². The molecule has 1 aromatic carbocycles. The molecule has 1 saturated heterocycles. The second kappa shape index (κ2) is 5.31. The molecular weight excluding hydrogens is 224 g/mol. The molecule has 1 aromatic rings. The van der Waals surface area contributed by atoms with E-state index >= 15 is 0 Å². The summed E-state index contributed by atoms with van der Waals surface area (Å²) < 4.78 is 11.4. The summed E-state index contributed by atoms with van der Waals surface area (Å²) in [6.45, 7) is 10.6. The van der Waals surface area contributed by atoms with Crippen molar-refractivity contribution in [2.75, 3.05) is 13.2 Å². The van der Waals surface area contributed by atoms with Gasteiger partial charge in [0.05, 0.1) is 19.3 Å². The lowest BCUT2D eigenvalue weighted by Crippen LogP contribution is -2.40. The summed E-state index contributed by atoms with van der Waals surface area (Å²) in [5.74, 6) is 1.64. The van der Waals surface area contributed by atoms with E-state index in [2.05, 4.69) is 39.8 Å². The number of hydrogen-bond donors (Lipinski definition) is 0. The lowest BCUT2D eigenvalue weighted by molar-refractivity contribution is -0.172. The maximum Gasteiger partial charge on any atom is 0.119 e. The monoisotopic (exact) mass is 248 g/mol. The number of rotatable bonds is 5. The molecule has 1 heterocycles. The van der Waals surface area contributed by atoms with Gasteiger partial charge in [0.2, 0.25) is 0 Å². The van der Waals surface area contributed by atoms with E-state index in [0.29, 0.717) is 5.92 Å². The van der Waals surface area contributed by atoms with Crippen LogP contribution >= 0.6 is 0 Å². The highest BCUT2D eigenvalue weighted by molar-refractivity contribution is 5.30. The van der Waals surface area contributed by atoms with Gasteiger partial charge in [0, 0.05) is 5.41 Å². The average Bonchev–Trinajstić information content (AvgIpc) is 2.30. The molecule has 1 aliphatic heterocycles. The number of ether oxygens (including phenoxy) is 2. The van der Waals surface area contributed by atoms with Gasteiger partial charge in [-0.1, -0.05) is 39.8 Å². The minimum Gasteiger partial charge on any atom is -0.494 e. The first-order valence-electron chi connectivity index (χ1n) is 6.83. The van der Waals surface area contributed by atoms with Crippen molar-refractivity contribution in [3.8, 4) is 5.75 Å². The van der Waals surface area contributed by atoms with Crippen LogP contribution < -0.4 is 4.74 Å². The summed E-state index contributed by atoms with van der Waals surface area (Å²) in [5, 5.41) is 0. The van der Waals surface area contributed by atoms with E-state index in [1.807, 2.05) is 12.1 Å². The Labute approximate surface area is 110 Å². The molecule has 0 N–H and O–H groups in total. The van der Waals surface area contributed by atoms with Gasteiger partial charge in [-0.05, 0) is 30.0 Å². The topological polar surface area (TPSA) is 18.5 Å². The molecule has 2 nitrogen and oxygen atoms in total. The summed E-state index contributed by atoms with van der Waals surface area (Å²) in [7, 11) is 0. The van der Waals surface area contributed by atoms with E-state index < -0.39 is 0 Å². The average molecular weight is 248 g/mol. The number of hydrogen-bond acceptors (Lipinski definition) is 2. The van der Waals surface area contributed by atoms with Gasteiger partial charge in [0.25, 0.3) is 0 Å². The molecule has 1 atom stereocenters. The Morgan fingerprint density at radius 1 is 1.28 bits per heavy atom. The highest BCUT2D eigenvalue weighted by Gasteiger charge is 2.40. The third kappa shape index (κ3) is 3.05. The molecule has 1 aliphatic rings. The lowest BCUT2D eigenvalue weighted by atomic mass is 9.79. The molecule has 0 saturated carbocycles. The molecular formula is C16H24O2. The molecule has 0 aromatic heterocycles. The SMILES string of the molecule is CC(C)CCOc1ccc(C2OCC2(C)C)cc1. The Morgan fingerprint density at radius 3 is 2.39 bits per heavy atom. The van der Waals surface area contributed by atoms with Gasteiger partial charge >= 0.3 is 0 Å². The van der Waals surface area contributed by atoms with Gasteiger partial charge in [0.1, 0.15) is 5.75 Å². The maximum absolute atomic E-state index is 5.71. The van der Waals surface area contributed by atoms with Crippen LogP contribution in [0.5, 0.6) is 5.75 Å². The zero-order valence-corrected chi connectivity index (χ0v) is 11.9. The Morgan fingerprint density at radius 2 is 1.94 bits per heavy atom. The van der Waals surface area contributed by atoms with Crippen LogP contribution in [0.15, 0.2) is 24.3 Å². The summed E-state index contributed by atoms with van der Waals surface area (Å²) in [4.78, 5) is 0. The normalized spacial score (nSPS) is 21.7. The van der Waals surface area contributed by atoms with Crippen molar-refractivity contribution in [3.63, 3.8) is 0 Å². The second-order valence-corrected chi connectivity index (χ2v) is 6.28. The summed E-state index contributed by atoms with van der Waals surface area (Å²) >= 11 is 0. The first kappa shape index (κ1) is 13.4. The van der Waals surface area contributed by atoms with Crippen LogP contribution in [0.2, 0.25) is 0 Å². The van der Waals surface area contributed by atoms with Crippen LogP contribution in [0.25, 0.3) is 0 Å². The highest BCUT2D eigenvalue weighted by Crippen LogP contribution is 2.45. The zero-order valence-electron chi connectivity index (χ0n) is 11.9. The highest BCUT2D eigenvalue weighted by atomic mass is 16.5. The molecule has 0 radical (unpaired) electrons. The molecule has 2 rings (SSSR count). The second-order valence-electron chi connectivity index (χ2n) is 6.28. The smallest absolute Gasteiger partial charge is 0.119 e. The minimum atomic E-state index is 0.238. The van der Waals surface area contributed by atoms with Gasteiger partial charge in [-0.25, -0.2) is 0 Å². The van der Waals surface area contributed by atoms with Crippen LogP contribution in [0.1, 0.15) is 45.8 Å². The van der Waals surface area contributed by atoms with Gasteiger partial charge in [-0.2, -0.15) is 0 Å². The Balaban J connectivity index is 1.90. The third-order valence-electron chi connectivity index (χ3n) is 3.48. The fourth-order valence-electron chi connectivity index (χ4n) is 2.20. The van der Waals surface area contributed by atoms with E-state index in [0.717, 1.165) is 25.4 Å². The van der Waals surface area contributed by atoms with Crippen LogP contribution in [0, 0.1) is 11.3 Å². The van der Waals surface area contributed by atoms with Crippen molar-refractivity contribution in [1.29, 1.82) is 0 Å². The van der Waals surface area contributed by atoms with Crippen molar-refractivity contribution in [3.05, 3.63) is 29.8 Å². The predicted octanol–water partition coefficient (Wildman–Crippen LogP) is 4.21. The van der Waals surface area contributed by atoms with Crippen molar-refractivity contribution in [2.45, 2.75) is 40.2 Å². The largest absolute Gasteiger partial charge is 0.494 e. The molecule has 100 valence electrons. The van der Waals surface area contributed by atoms with E-state index in [1.165, 1.54) is 5.56 Å². The Kier molecular flexibility index (Phi) is 3.96. The zero-order chi connectivity index (χ0) is 13.2. The van der Waals surface area contributed by atoms with Crippen LogP contribution in [0.3, 0.4) is 0 Å². The molecule has 0 amide bonds. The molecule has 0 bridgehead atoms. The summed E-state index contributed by atoms with van der Waals surface area (Å²) in [6, 6.07) is 8.34. The van der Waals surface area contributed by atoms with Crippen molar-refractivity contribution < 1.29 is 9.47 Å². The summed E-state index contributed by atoms with van der Waals surface area (Å²) in [5.41, 5.74) is 1.52. The van der Waals surface area contributed by atoms with Crippen LogP contribution in [-0.4, -0.2) is 13.2 Å². The van der Waals surface area contributed by atoms with E-state index in [9.17, 15) is 0 Å². The van der Waals surface area contributed by atoms with Gasteiger partial charge < -0.3 is 9.47 Å². The minimum absolute atomic E-state index is 0.238. The van der Waals surface area contributed by atoms with Crippen molar-refractivity contribution >= 4 is 0 Å². The third-order valence-corrected chi connectivity index (χ3v) is 3.48. The van der Waals surface area contributed by atoms with Gasteiger partial charge in [0.15, 0.2) is 0 Å². The van der Waals surface area contributed by atoms with Gasteiger partial charge in [-0.15, -0.1) is 0 Å². The fraction of sp³-hybridized carbons (Fsp3) is 0.625. The first-order chi connectivity index (χ1) is 8.49. The molecule has 0 spiro atoms. The molecule has 0 aliphatic carbocycles. The Hall–Kier alpha value is -1.02. The van der Waals surface area contributed by atoms with Crippen LogP contribution in [0.4, 0.5) is 0 Å².